The van der Waals surface area contributed by atoms with Crippen molar-refractivity contribution in [3.8, 4) is 0 Å². The second-order valence-corrected chi connectivity index (χ2v) is 3.85. The molecule has 0 unspecified atom stereocenters. The molecule has 13 heavy (non-hydrogen) atoms. The van der Waals surface area contributed by atoms with E-state index >= 15 is 0 Å². The summed E-state index contributed by atoms with van der Waals surface area (Å²) in [7, 11) is 0. The Hall–Kier alpha value is -0.790. The highest BCUT2D eigenvalue weighted by Crippen LogP contribution is 2.32. The molecule has 0 aromatic heterocycles. The maximum Gasteiger partial charge on any atom is 0.244 e. The second kappa shape index (κ2) is 5.05. The number of amides is 1. The van der Waals surface area contributed by atoms with Crippen LogP contribution in [0.5, 0.6) is 0 Å². The lowest BCUT2D eigenvalue weighted by atomic mass is 10.1. The average Bonchev–Trinajstić information content (AvgIpc) is 2.86. The summed E-state index contributed by atoms with van der Waals surface area (Å²) in [6.45, 7) is 2.16. The van der Waals surface area contributed by atoms with Gasteiger partial charge in [0.2, 0.25) is 5.91 Å². The van der Waals surface area contributed by atoms with Crippen molar-refractivity contribution < 1.29 is 4.79 Å². The van der Waals surface area contributed by atoms with Crippen molar-refractivity contribution in [2.75, 3.05) is 0 Å². The van der Waals surface area contributed by atoms with Gasteiger partial charge in [-0.05, 0) is 31.6 Å². The van der Waals surface area contributed by atoms with Gasteiger partial charge in [-0.25, -0.2) is 0 Å². The molecule has 1 amide bonds. The summed E-state index contributed by atoms with van der Waals surface area (Å²) in [5, 5.41) is 0. The zero-order valence-electron chi connectivity index (χ0n) is 8.38. The molecule has 1 saturated carbocycles. The fourth-order valence-corrected chi connectivity index (χ4v) is 1.40. The third-order valence-corrected chi connectivity index (χ3v) is 2.43. The SMILES string of the molecule is CCCCCC(=CC1CC1)C(N)=O. The lowest BCUT2D eigenvalue weighted by Crippen LogP contribution is -2.14. The average molecular weight is 181 g/mol. The van der Waals surface area contributed by atoms with Crippen molar-refractivity contribution >= 4 is 5.91 Å². The highest BCUT2D eigenvalue weighted by atomic mass is 16.1. The third-order valence-electron chi connectivity index (χ3n) is 2.43. The van der Waals surface area contributed by atoms with Crippen LogP contribution in [0.15, 0.2) is 11.6 Å². The fraction of sp³-hybridized carbons (Fsp3) is 0.727. The molecule has 0 aliphatic heterocycles. The number of carbonyl (C=O) groups excluding carboxylic acids is 1. The van der Waals surface area contributed by atoms with Gasteiger partial charge >= 0.3 is 0 Å². The highest BCUT2D eigenvalue weighted by Gasteiger charge is 2.20. The first-order valence-electron chi connectivity index (χ1n) is 5.24. The molecule has 0 aromatic carbocycles. The molecule has 0 spiro atoms. The second-order valence-electron chi connectivity index (χ2n) is 3.85. The molecule has 2 heteroatoms. The molecule has 2 nitrogen and oxygen atoms in total. The maximum atomic E-state index is 11.0. The Balaban J connectivity index is 2.33. The van der Waals surface area contributed by atoms with Gasteiger partial charge in [0.15, 0.2) is 0 Å². The smallest absolute Gasteiger partial charge is 0.244 e. The fourth-order valence-electron chi connectivity index (χ4n) is 1.40. The van der Waals surface area contributed by atoms with E-state index < -0.39 is 0 Å². The zero-order chi connectivity index (χ0) is 9.68. The first-order chi connectivity index (χ1) is 6.24. The molecule has 1 aliphatic carbocycles. The maximum absolute atomic E-state index is 11.0. The van der Waals surface area contributed by atoms with Crippen LogP contribution in [0.3, 0.4) is 0 Å². The summed E-state index contributed by atoms with van der Waals surface area (Å²) >= 11 is 0. The molecule has 1 rings (SSSR count). The zero-order valence-corrected chi connectivity index (χ0v) is 8.38. The van der Waals surface area contributed by atoms with Gasteiger partial charge in [-0.15, -0.1) is 0 Å². The van der Waals surface area contributed by atoms with Crippen LogP contribution < -0.4 is 5.73 Å². The first kappa shape index (κ1) is 10.3. The van der Waals surface area contributed by atoms with Crippen LogP contribution in [-0.2, 0) is 4.79 Å². The van der Waals surface area contributed by atoms with Crippen molar-refractivity contribution in [2.24, 2.45) is 11.7 Å². The Morgan fingerprint density at radius 3 is 2.62 bits per heavy atom. The summed E-state index contributed by atoms with van der Waals surface area (Å²) in [6.07, 6.45) is 8.91. The van der Waals surface area contributed by atoms with E-state index in [-0.39, 0.29) is 5.91 Å². The van der Waals surface area contributed by atoms with Gasteiger partial charge in [-0.1, -0.05) is 25.8 Å². The Kier molecular flexibility index (Phi) is 4.00. The van der Waals surface area contributed by atoms with Crippen molar-refractivity contribution in [3.05, 3.63) is 11.6 Å². The van der Waals surface area contributed by atoms with Gasteiger partial charge < -0.3 is 5.73 Å². The number of unbranched alkanes of at least 4 members (excludes halogenated alkanes) is 2. The van der Waals surface area contributed by atoms with Crippen LogP contribution >= 0.6 is 0 Å². The molecule has 0 atom stereocenters. The summed E-state index contributed by atoms with van der Waals surface area (Å²) < 4.78 is 0. The lowest BCUT2D eigenvalue weighted by molar-refractivity contribution is -0.114. The molecule has 0 radical (unpaired) electrons. The van der Waals surface area contributed by atoms with Crippen molar-refractivity contribution in [2.45, 2.75) is 45.4 Å². The van der Waals surface area contributed by atoms with Gasteiger partial charge in [0.25, 0.3) is 0 Å². The standard InChI is InChI=1S/C11H19NO/c1-2-3-4-5-10(11(12)13)8-9-6-7-9/h8-9H,2-7H2,1H3,(H2,12,13). The molecular formula is C11H19NO. The van der Waals surface area contributed by atoms with Gasteiger partial charge in [0.05, 0.1) is 0 Å². The number of carbonyl (C=O) groups is 1. The molecule has 2 N–H and O–H groups in total. The minimum absolute atomic E-state index is 0.219. The van der Waals surface area contributed by atoms with Crippen LogP contribution in [-0.4, -0.2) is 5.91 Å². The van der Waals surface area contributed by atoms with E-state index in [2.05, 4.69) is 13.0 Å². The highest BCUT2D eigenvalue weighted by molar-refractivity contribution is 5.91. The van der Waals surface area contributed by atoms with E-state index in [0.717, 1.165) is 18.4 Å². The molecule has 1 fully saturated rings. The Labute approximate surface area is 80.2 Å². The Morgan fingerprint density at radius 2 is 2.15 bits per heavy atom. The predicted molar refractivity (Wildman–Crippen MR) is 54.1 cm³/mol. The van der Waals surface area contributed by atoms with Crippen LogP contribution in [0.2, 0.25) is 0 Å². The monoisotopic (exact) mass is 181 g/mol. The van der Waals surface area contributed by atoms with Crippen LogP contribution in [0.4, 0.5) is 0 Å². The van der Waals surface area contributed by atoms with E-state index in [1.54, 1.807) is 0 Å². The van der Waals surface area contributed by atoms with E-state index in [9.17, 15) is 4.79 Å². The molecule has 74 valence electrons. The van der Waals surface area contributed by atoms with Gasteiger partial charge in [0.1, 0.15) is 0 Å². The van der Waals surface area contributed by atoms with Crippen LogP contribution in [0, 0.1) is 5.92 Å². The Morgan fingerprint density at radius 1 is 1.46 bits per heavy atom. The summed E-state index contributed by atoms with van der Waals surface area (Å²) in [5.74, 6) is 0.437. The molecule has 0 bridgehead atoms. The Bertz CT molecular complexity index is 204. The number of rotatable bonds is 6. The van der Waals surface area contributed by atoms with E-state index in [0.29, 0.717) is 5.92 Å². The number of primary amides is 1. The van der Waals surface area contributed by atoms with Gasteiger partial charge in [-0.3, -0.25) is 4.79 Å². The summed E-state index contributed by atoms with van der Waals surface area (Å²) in [4.78, 5) is 11.0. The summed E-state index contributed by atoms with van der Waals surface area (Å²) in [6, 6.07) is 0. The van der Waals surface area contributed by atoms with Crippen molar-refractivity contribution in [1.29, 1.82) is 0 Å². The van der Waals surface area contributed by atoms with Crippen LogP contribution in [0.25, 0.3) is 0 Å². The summed E-state index contributed by atoms with van der Waals surface area (Å²) in [5.41, 5.74) is 6.15. The van der Waals surface area contributed by atoms with E-state index in [1.807, 2.05) is 0 Å². The third kappa shape index (κ3) is 4.11. The van der Waals surface area contributed by atoms with Crippen molar-refractivity contribution in [1.82, 2.24) is 0 Å². The van der Waals surface area contributed by atoms with Gasteiger partial charge in [-0.2, -0.15) is 0 Å². The first-order valence-corrected chi connectivity index (χ1v) is 5.24. The number of allylic oxidation sites excluding steroid dienone is 1. The van der Waals surface area contributed by atoms with Crippen LogP contribution in [0.1, 0.15) is 45.4 Å². The number of hydrogen-bond acceptors (Lipinski definition) is 1. The predicted octanol–water partition coefficient (Wildman–Crippen LogP) is 2.39. The lowest BCUT2D eigenvalue weighted by Gasteiger charge is -2.01. The molecule has 0 heterocycles. The van der Waals surface area contributed by atoms with Gasteiger partial charge in [0, 0.05) is 5.57 Å². The quantitative estimate of drug-likeness (QED) is 0.496. The number of hydrogen-bond donors (Lipinski definition) is 1. The molecule has 1 aliphatic rings. The molecule has 0 saturated heterocycles. The molecule has 0 aromatic rings. The number of nitrogens with two attached hydrogens (primary N) is 1. The molecular weight excluding hydrogens is 162 g/mol. The van der Waals surface area contributed by atoms with E-state index in [4.69, 9.17) is 5.73 Å². The topological polar surface area (TPSA) is 43.1 Å². The van der Waals surface area contributed by atoms with Crippen molar-refractivity contribution in [3.63, 3.8) is 0 Å². The van der Waals surface area contributed by atoms with E-state index in [1.165, 1.54) is 25.7 Å². The minimum atomic E-state index is -0.219. The minimum Gasteiger partial charge on any atom is -0.366 e. The largest absolute Gasteiger partial charge is 0.366 e. The normalized spacial score (nSPS) is 17.5.